The topological polar surface area (TPSA) is 68.5 Å². The molecule has 0 saturated heterocycles. The normalized spacial score (nSPS) is 15.8. The molecule has 1 aromatic heterocycles. The lowest BCUT2D eigenvalue weighted by Gasteiger charge is -2.10. The minimum Gasteiger partial charge on any atom is -0.382 e. The van der Waals surface area contributed by atoms with Crippen molar-refractivity contribution in [2.75, 3.05) is 5.32 Å². The summed E-state index contributed by atoms with van der Waals surface area (Å²) in [6.07, 6.45) is 3.26. The van der Waals surface area contributed by atoms with E-state index in [1.807, 2.05) is 35.1 Å². The number of halogens is 2. The number of rotatable bonds is 5. The Hall–Kier alpha value is -3.00. The molecule has 3 aromatic rings. The van der Waals surface area contributed by atoms with Crippen LogP contribution < -0.4 is 5.32 Å². The molecular formula is C20H16BrFN4O2. The minimum absolute atomic E-state index is 0.274. The summed E-state index contributed by atoms with van der Waals surface area (Å²) in [5.74, 6) is -0.592. The number of anilines is 1. The quantitative estimate of drug-likeness (QED) is 0.649. The van der Waals surface area contributed by atoms with E-state index < -0.39 is 6.10 Å². The van der Waals surface area contributed by atoms with Crippen LogP contribution in [0.5, 0.6) is 0 Å². The van der Waals surface area contributed by atoms with Crippen molar-refractivity contribution in [1.29, 1.82) is 0 Å². The Labute approximate surface area is 169 Å². The van der Waals surface area contributed by atoms with Crippen molar-refractivity contribution in [3.05, 3.63) is 82.3 Å². The number of oxime groups is 1. The lowest BCUT2D eigenvalue weighted by Crippen LogP contribution is -2.28. The van der Waals surface area contributed by atoms with Gasteiger partial charge in [-0.05, 0) is 51.3 Å². The molecule has 0 fully saturated rings. The van der Waals surface area contributed by atoms with Gasteiger partial charge >= 0.3 is 0 Å². The molecule has 4 rings (SSSR count). The maximum atomic E-state index is 13.0. The molecule has 1 unspecified atom stereocenters. The molecule has 1 N–H and O–H groups in total. The number of hydrogen-bond acceptors (Lipinski definition) is 4. The zero-order valence-electron chi connectivity index (χ0n) is 14.7. The van der Waals surface area contributed by atoms with Gasteiger partial charge in [0.15, 0.2) is 0 Å². The Balaban J connectivity index is 1.33. The lowest BCUT2D eigenvalue weighted by atomic mass is 10.0. The van der Waals surface area contributed by atoms with Crippen LogP contribution in [0.25, 0.3) is 0 Å². The van der Waals surface area contributed by atoms with Gasteiger partial charge < -0.3 is 10.2 Å². The SMILES string of the molecule is O=C(Nc1ccc(Cn2cc(Br)cn2)cc1)C1CC(c2ccc(F)cc2)=NO1. The summed E-state index contributed by atoms with van der Waals surface area (Å²) in [6.45, 7) is 0.639. The van der Waals surface area contributed by atoms with Crippen molar-refractivity contribution in [1.82, 2.24) is 9.78 Å². The van der Waals surface area contributed by atoms with Gasteiger partial charge in [0.05, 0.1) is 22.9 Å². The van der Waals surface area contributed by atoms with E-state index in [4.69, 9.17) is 4.84 Å². The van der Waals surface area contributed by atoms with E-state index in [-0.39, 0.29) is 11.7 Å². The minimum atomic E-state index is -0.707. The first-order chi connectivity index (χ1) is 13.6. The summed E-state index contributed by atoms with van der Waals surface area (Å²) in [6, 6.07) is 13.5. The maximum absolute atomic E-state index is 13.0. The average molecular weight is 443 g/mol. The molecule has 1 aliphatic rings. The Morgan fingerprint density at radius 3 is 2.64 bits per heavy atom. The first-order valence-electron chi connectivity index (χ1n) is 8.63. The standard InChI is InChI=1S/C20H16BrFN4O2/c21-15-10-23-26(12-15)11-13-1-7-17(8-2-13)24-20(27)19-9-18(25-28-19)14-3-5-16(22)6-4-14/h1-8,10,12,19H,9,11H2,(H,24,27). The second kappa shape index (κ2) is 7.93. The number of carbonyl (C=O) groups is 1. The summed E-state index contributed by atoms with van der Waals surface area (Å²) in [4.78, 5) is 17.7. The molecule has 2 heterocycles. The highest BCUT2D eigenvalue weighted by molar-refractivity contribution is 9.10. The summed E-state index contributed by atoms with van der Waals surface area (Å²) in [5, 5.41) is 11.0. The van der Waals surface area contributed by atoms with Crippen LogP contribution in [0.15, 0.2) is 70.6 Å². The molecule has 1 atom stereocenters. The van der Waals surface area contributed by atoms with Crippen molar-refractivity contribution in [2.45, 2.75) is 19.1 Å². The third kappa shape index (κ3) is 4.28. The molecule has 1 amide bonds. The van der Waals surface area contributed by atoms with E-state index >= 15 is 0 Å². The van der Waals surface area contributed by atoms with Gasteiger partial charge in [0.25, 0.3) is 5.91 Å². The summed E-state index contributed by atoms with van der Waals surface area (Å²) in [7, 11) is 0. The van der Waals surface area contributed by atoms with Crippen molar-refractivity contribution >= 4 is 33.2 Å². The lowest BCUT2D eigenvalue weighted by molar-refractivity contribution is -0.125. The summed E-state index contributed by atoms with van der Waals surface area (Å²) < 4.78 is 15.8. The van der Waals surface area contributed by atoms with Gasteiger partial charge in [-0.3, -0.25) is 9.48 Å². The Bertz CT molecular complexity index is 1020. The predicted molar refractivity (Wildman–Crippen MR) is 107 cm³/mol. The van der Waals surface area contributed by atoms with E-state index in [1.54, 1.807) is 18.3 Å². The highest BCUT2D eigenvalue weighted by Gasteiger charge is 2.28. The van der Waals surface area contributed by atoms with Gasteiger partial charge in [-0.1, -0.05) is 29.4 Å². The van der Waals surface area contributed by atoms with E-state index in [0.717, 1.165) is 15.6 Å². The summed E-state index contributed by atoms with van der Waals surface area (Å²) >= 11 is 3.37. The van der Waals surface area contributed by atoms with Crippen LogP contribution in [0.1, 0.15) is 17.5 Å². The van der Waals surface area contributed by atoms with Crippen LogP contribution in [0.2, 0.25) is 0 Å². The highest BCUT2D eigenvalue weighted by Crippen LogP contribution is 2.19. The number of aromatic nitrogens is 2. The third-order valence-corrected chi connectivity index (χ3v) is 4.72. The maximum Gasteiger partial charge on any atom is 0.268 e. The molecule has 0 aliphatic carbocycles. The number of benzene rings is 2. The molecule has 28 heavy (non-hydrogen) atoms. The fourth-order valence-corrected chi connectivity index (χ4v) is 3.19. The third-order valence-electron chi connectivity index (χ3n) is 4.31. The first-order valence-corrected chi connectivity index (χ1v) is 9.42. The molecule has 2 aromatic carbocycles. The molecule has 0 radical (unpaired) electrons. The number of nitrogens with one attached hydrogen (secondary N) is 1. The van der Waals surface area contributed by atoms with E-state index in [9.17, 15) is 9.18 Å². The molecule has 1 aliphatic heterocycles. The van der Waals surface area contributed by atoms with Crippen LogP contribution in [0.4, 0.5) is 10.1 Å². The average Bonchev–Trinajstić information content (AvgIpc) is 3.33. The smallest absolute Gasteiger partial charge is 0.268 e. The van der Waals surface area contributed by atoms with Gasteiger partial charge in [-0.25, -0.2) is 4.39 Å². The van der Waals surface area contributed by atoms with Gasteiger partial charge in [0.2, 0.25) is 6.10 Å². The van der Waals surface area contributed by atoms with Gasteiger partial charge in [-0.2, -0.15) is 5.10 Å². The second-order valence-corrected chi connectivity index (χ2v) is 7.30. The zero-order valence-corrected chi connectivity index (χ0v) is 16.3. The monoisotopic (exact) mass is 442 g/mol. The number of amides is 1. The fourth-order valence-electron chi connectivity index (χ4n) is 2.86. The molecule has 0 spiro atoms. The Morgan fingerprint density at radius 1 is 1.21 bits per heavy atom. The number of carbonyl (C=O) groups excluding carboxylic acids is 1. The molecule has 142 valence electrons. The second-order valence-electron chi connectivity index (χ2n) is 6.39. The van der Waals surface area contributed by atoms with Crippen LogP contribution in [-0.2, 0) is 16.2 Å². The first kappa shape index (κ1) is 18.4. The zero-order chi connectivity index (χ0) is 19.5. The fraction of sp³-hybridized carbons (Fsp3) is 0.150. The number of hydrogen-bond donors (Lipinski definition) is 1. The van der Waals surface area contributed by atoms with Crippen LogP contribution in [-0.4, -0.2) is 27.5 Å². The van der Waals surface area contributed by atoms with Crippen molar-refractivity contribution in [3.8, 4) is 0 Å². The van der Waals surface area contributed by atoms with Crippen molar-refractivity contribution in [3.63, 3.8) is 0 Å². The largest absolute Gasteiger partial charge is 0.382 e. The molecule has 0 saturated carbocycles. The Morgan fingerprint density at radius 2 is 1.96 bits per heavy atom. The van der Waals surface area contributed by atoms with E-state index in [0.29, 0.717) is 24.4 Å². The van der Waals surface area contributed by atoms with Crippen LogP contribution >= 0.6 is 15.9 Å². The van der Waals surface area contributed by atoms with Crippen LogP contribution in [0.3, 0.4) is 0 Å². The van der Waals surface area contributed by atoms with Gasteiger partial charge in [-0.15, -0.1) is 0 Å². The van der Waals surface area contributed by atoms with Gasteiger partial charge in [0.1, 0.15) is 5.82 Å². The Kier molecular flexibility index (Phi) is 5.21. The molecule has 8 heteroatoms. The van der Waals surface area contributed by atoms with Crippen molar-refractivity contribution in [2.24, 2.45) is 5.16 Å². The van der Waals surface area contributed by atoms with Gasteiger partial charge in [0, 0.05) is 18.3 Å². The molecule has 0 bridgehead atoms. The van der Waals surface area contributed by atoms with E-state index in [1.165, 1.54) is 12.1 Å². The molecular weight excluding hydrogens is 427 g/mol. The van der Waals surface area contributed by atoms with E-state index in [2.05, 4.69) is 31.5 Å². The molecule has 6 nitrogen and oxygen atoms in total. The highest BCUT2D eigenvalue weighted by atomic mass is 79.9. The van der Waals surface area contributed by atoms with Crippen molar-refractivity contribution < 1.29 is 14.0 Å². The predicted octanol–water partition coefficient (Wildman–Crippen LogP) is 3.96. The number of nitrogens with zero attached hydrogens (tertiary/aromatic N) is 3. The summed E-state index contributed by atoms with van der Waals surface area (Å²) in [5.41, 5.74) is 3.11. The van der Waals surface area contributed by atoms with Crippen LogP contribution in [0, 0.1) is 5.82 Å².